The average molecular weight is 318 g/mol. The smallest absolute Gasteiger partial charge is 0.240 e. The van der Waals surface area contributed by atoms with Gasteiger partial charge in [0, 0.05) is 5.56 Å². The maximum absolute atomic E-state index is 13.4. The maximum Gasteiger partial charge on any atom is 0.240 e. The molecule has 0 bridgehead atoms. The Morgan fingerprint density at radius 2 is 2.17 bits per heavy atom. The highest BCUT2D eigenvalue weighted by Crippen LogP contribution is 2.29. The first kappa shape index (κ1) is 13.1. The number of nitrogens with one attached hydrogen (secondary N) is 1. The topological polar surface area (TPSA) is 51.0 Å². The second-order valence-corrected chi connectivity index (χ2v) is 4.31. The van der Waals surface area contributed by atoms with E-state index in [2.05, 4.69) is 31.4 Å². The Labute approximate surface area is 111 Å². The minimum atomic E-state index is -0.967. The molecule has 2 aromatic rings. The molecule has 0 radical (unpaired) electrons. The van der Waals surface area contributed by atoms with Crippen LogP contribution >= 0.6 is 15.9 Å². The molecule has 1 heterocycles. The number of hydrogen-bond donors (Lipinski definition) is 1. The normalized spacial score (nSPS) is 10.9. The molecule has 1 aromatic carbocycles. The van der Waals surface area contributed by atoms with E-state index in [-0.39, 0.29) is 10.3 Å². The molecule has 4 nitrogen and oxygen atoms in total. The van der Waals surface area contributed by atoms with Gasteiger partial charge in [0.15, 0.2) is 11.6 Å². The predicted molar refractivity (Wildman–Crippen MR) is 64.7 cm³/mol. The third-order valence-electron chi connectivity index (χ3n) is 2.27. The summed E-state index contributed by atoms with van der Waals surface area (Å²) in [6.45, 7) is 3.15. The molecule has 0 aliphatic heterocycles. The summed E-state index contributed by atoms with van der Waals surface area (Å²) in [5, 5.41) is 6.75. The highest BCUT2D eigenvalue weighted by Gasteiger charge is 2.16. The highest BCUT2D eigenvalue weighted by atomic mass is 79.9. The van der Waals surface area contributed by atoms with Crippen molar-refractivity contribution in [3.05, 3.63) is 34.1 Å². The monoisotopic (exact) mass is 317 g/mol. The Hall–Kier alpha value is -1.34. The summed E-state index contributed by atoms with van der Waals surface area (Å²) in [6.07, 6.45) is 0. The van der Waals surface area contributed by atoms with E-state index in [1.807, 2.05) is 6.92 Å². The van der Waals surface area contributed by atoms with E-state index < -0.39 is 11.6 Å². The molecule has 0 atom stereocenters. The average Bonchev–Trinajstić information content (AvgIpc) is 2.82. The molecule has 96 valence electrons. The van der Waals surface area contributed by atoms with Gasteiger partial charge < -0.3 is 9.84 Å². The third-order valence-corrected chi connectivity index (χ3v) is 3.05. The van der Waals surface area contributed by atoms with Crippen LogP contribution in [0, 0.1) is 11.6 Å². The van der Waals surface area contributed by atoms with Crippen molar-refractivity contribution < 1.29 is 13.3 Å². The molecular weight excluding hydrogens is 308 g/mol. The summed E-state index contributed by atoms with van der Waals surface area (Å²) in [4.78, 5) is 4.09. The number of aromatic nitrogens is 2. The van der Waals surface area contributed by atoms with Gasteiger partial charge in [-0.15, -0.1) is 0 Å². The zero-order chi connectivity index (χ0) is 13.1. The zero-order valence-electron chi connectivity index (χ0n) is 9.51. The molecule has 0 spiro atoms. The van der Waals surface area contributed by atoms with Crippen molar-refractivity contribution in [2.45, 2.75) is 13.5 Å². The first-order valence-electron chi connectivity index (χ1n) is 5.30. The van der Waals surface area contributed by atoms with E-state index in [1.165, 1.54) is 6.07 Å². The van der Waals surface area contributed by atoms with E-state index in [0.29, 0.717) is 18.0 Å². The minimum absolute atomic E-state index is 0.0155. The van der Waals surface area contributed by atoms with Crippen molar-refractivity contribution in [3.63, 3.8) is 0 Å². The van der Waals surface area contributed by atoms with Gasteiger partial charge in [-0.3, -0.25) is 0 Å². The fraction of sp³-hybridized carbons (Fsp3) is 0.273. The Morgan fingerprint density at radius 3 is 2.89 bits per heavy atom. The Bertz CT molecular complexity index is 559. The first-order valence-corrected chi connectivity index (χ1v) is 6.10. The van der Waals surface area contributed by atoms with E-state index in [4.69, 9.17) is 4.52 Å². The minimum Gasteiger partial charge on any atom is -0.338 e. The van der Waals surface area contributed by atoms with Crippen molar-refractivity contribution in [1.29, 1.82) is 0 Å². The number of hydrogen-bond acceptors (Lipinski definition) is 4. The lowest BCUT2D eigenvalue weighted by Crippen LogP contribution is -2.11. The molecule has 1 aromatic heterocycles. The zero-order valence-corrected chi connectivity index (χ0v) is 11.1. The van der Waals surface area contributed by atoms with Gasteiger partial charge in [0.05, 0.1) is 11.0 Å². The molecule has 0 aliphatic carbocycles. The fourth-order valence-corrected chi connectivity index (χ4v) is 1.87. The molecule has 0 saturated heterocycles. The van der Waals surface area contributed by atoms with Crippen molar-refractivity contribution in [2.75, 3.05) is 6.54 Å². The molecule has 0 unspecified atom stereocenters. The molecule has 0 aliphatic rings. The largest absolute Gasteiger partial charge is 0.338 e. The van der Waals surface area contributed by atoms with Crippen molar-refractivity contribution in [1.82, 2.24) is 15.5 Å². The maximum atomic E-state index is 13.4. The summed E-state index contributed by atoms with van der Waals surface area (Å²) >= 11 is 2.98. The van der Waals surface area contributed by atoms with Crippen LogP contribution in [0.4, 0.5) is 8.78 Å². The first-order chi connectivity index (χ1) is 8.63. The summed E-state index contributed by atoms with van der Waals surface area (Å²) < 4.78 is 31.3. The van der Waals surface area contributed by atoms with E-state index in [0.717, 1.165) is 12.6 Å². The van der Waals surface area contributed by atoms with Gasteiger partial charge in [0.25, 0.3) is 0 Å². The number of nitrogens with zero attached hydrogens (tertiary/aromatic N) is 2. The standard InChI is InChI=1S/C11H10BrF2N3O/c1-2-15-5-8-16-11(17-18-8)6-3-4-7(13)10(14)9(6)12/h3-4,15H,2,5H2,1H3. The Morgan fingerprint density at radius 1 is 1.39 bits per heavy atom. The molecule has 0 saturated carbocycles. The third kappa shape index (κ3) is 2.56. The lowest BCUT2D eigenvalue weighted by atomic mass is 10.2. The van der Waals surface area contributed by atoms with Gasteiger partial charge in [0.1, 0.15) is 0 Å². The van der Waals surface area contributed by atoms with Gasteiger partial charge in [-0.25, -0.2) is 8.78 Å². The van der Waals surface area contributed by atoms with Crippen LogP contribution in [0.2, 0.25) is 0 Å². The number of rotatable bonds is 4. The second-order valence-electron chi connectivity index (χ2n) is 3.51. The van der Waals surface area contributed by atoms with Gasteiger partial charge >= 0.3 is 0 Å². The second kappa shape index (κ2) is 5.53. The molecular formula is C11H10BrF2N3O. The summed E-state index contributed by atoms with van der Waals surface area (Å²) in [5.74, 6) is -1.29. The van der Waals surface area contributed by atoms with Gasteiger partial charge in [-0.2, -0.15) is 4.98 Å². The van der Waals surface area contributed by atoms with Crippen LogP contribution in [0.3, 0.4) is 0 Å². The van der Waals surface area contributed by atoms with Gasteiger partial charge in [0.2, 0.25) is 11.7 Å². The molecule has 2 rings (SSSR count). The quantitative estimate of drug-likeness (QED) is 0.881. The molecule has 1 N–H and O–H groups in total. The summed E-state index contributed by atoms with van der Waals surface area (Å²) in [6, 6.07) is 2.42. The lowest BCUT2D eigenvalue weighted by molar-refractivity contribution is 0.369. The van der Waals surface area contributed by atoms with Crippen LogP contribution < -0.4 is 5.32 Å². The summed E-state index contributed by atoms with van der Waals surface area (Å²) in [7, 11) is 0. The van der Waals surface area contributed by atoms with Crippen LogP contribution in [0.5, 0.6) is 0 Å². The van der Waals surface area contributed by atoms with Crippen LogP contribution in [0.1, 0.15) is 12.8 Å². The van der Waals surface area contributed by atoms with Crippen molar-refractivity contribution >= 4 is 15.9 Å². The Balaban J connectivity index is 2.31. The number of halogens is 3. The van der Waals surface area contributed by atoms with E-state index >= 15 is 0 Å². The van der Waals surface area contributed by atoms with Crippen molar-refractivity contribution in [3.8, 4) is 11.4 Å². The fourth-order valence-electron chi connectivity index (χ4n) is 1.37. The van der Waals surface area contributed by atoms with Crippen LogP contribution in [-0.4, -0.2) is 16.7 Å². The van der Waals surface area contributed by atoms with Gasteiger partial charge in [-0.1, -0.05) is 12.1 Å². The molecule has 0 fully saturated rings. The highest BCUT2D eigenvalue weighted by molar-refractivity contribution is 9.10. The number of benzene rings is 1. The van der Waals surface area contributed by atoms with Gasteiger partial charge in [-0.05, 0) is 34.6 Å². The van der Waals surface area contributed by atoms with Crippen molar-refractivity contribution in [2.24, 2.45) is 0 Å². The van der Waals surface area contributed by atoms with E-state index in [9.17, 15) is 8.78 Å². The van der Waals surface area contributed by atoms with Crippen LogP contribution in [-0.2, 0) is 6.54 Å². The Kier molecular flexibility index (Phi) is 4.03. The van der Waals surface area contributed by atoms with Crippen LogP contribution in [0.15, 0.2) is 21.1 Å². The molecule has 7 heteroatoms. The van der Waals surface area contributed by atoms with E-state index in [1.54, 1.807) is 0 Å². The SMILES string of the molecule is CCNCc1nc(-c2ccc(F)c(F)c2Br)no1. The molecule has 0 amide bonds. The predicted octanol–water partition coefficient (Wildman–Crippen LogP) is 2.89. The summed E-state index contributed by atoms with van der Waals surface area (Å²) in [5.41, 5.74) is 0.348. The van der Waals surface area contributed by atoms with Crippen LogP contribution in [0.25, 0.3) is 11.4 Å². The molecule has 18 heavy (non-hydrogen) atoms. The lowest BCUT2D eigenvalue weighted by Gasteiger charge is -2.01.